The maximum atomic E-state index is 12.6. The van der Waals surface area contributed by atoms with Crippen molar-refractivity contribution in [3.05, 3.63) is 98.0 Å². The minimum absolute atomic E-state index is 0.133. The van der Waals surface area contributed by atoms with Crippen molar-refractivity contribution in [3.63, 3.8) is 0 Å². The summed E-state index contributed by atoms with van der Waals surface area (Å²) in [6.45, 7) is 0. The zero-order valence-electron chi connectivity index (χ0n) is 16.9. The largest absolute Gasteiger partial charge is 0.378 e. The summed E-state index contributed by atoms with van der Waals surface area (Å²) < 4.78 is 30.5. The molecular weight excluding hydrogens is 505 g/mol. The molecule has 3 rings (SSSR count). The van der Waals surface area contributed by atoms with E-state index in [1.165, 1.54) is 36.4 Å². The maximum Gasteiger partial charge on any atom is 0.339 e. The Morgan fingerprint density at radius 2 is 1.74 bits per heavy atom. The lowest BCUT2D eigenvalue weighted by molar-refractivity contribution is -0.384. The van der Waals surface area contributed by atoms with Crippen LogP contribution in [0.4, 0.5) is 11.4 Å². The first kappa shape index (κ1) is 24.7. The Kier molecular flexibility index (Phi) is 7.53. The van der Waals surface area contributed by atoms with Gasteiger partial charge in [0, 0.05) is 23.4 Å². The molecule has 0 aromatic heterocycles. The SMILES string of the molecule is N#C/C(=C/c1ccccc1OS(=O)(=O)c1ccc([N+](=O)[O-])cc1)C(=O)Nc1ccc(Cl)c(Cl)c1. The lowest BCUT2D eigenvalue weighted by atomic mass is 10.1. The Labute approximate surface area is 204 Å². The standard InChI is InChI=1S/C22H13Cl2N3O6S/c23-19-10-5-16(12-20(19)24)26-22(28)15(13-25)11-14-3-1-2-4-21(14)33-34(31,32)18-8-6-17(7-9-18)27(29)30/h1-12H,(H,26,28)/b15-11-. The number of hydrogen-bond acceptors (Lipinski definition) is 7. The van der Waals surface area contributed by atoms with Crippen LogP contribution in [0.1, 0.15) is 5.56 Å². The van der Waals surface area contributed by atoms with Crippen LogP contribution in [0.5, 0.6) is 5.75 Å². The third-order valence-corrected chi connectivity index (χ3v) is 6.28. The van der Waals surface area contributed by atoms with Crippen LogP contribution >= 0.6 is 23.2 Å². The molecule has 0 unspecified atom stereocenters. The number of nitro benzene ring substituents is 1. The summed E-state index contributed by atoms with van der Waals surface area (Å²) in [5, 5.41) is 23.2. The number of benzene rings is 3. The van der Waals surface area contributed by atoms with Crippen LogP contribution in [0.15, 0.2) is 77.2 Å². The second kappa shape index (κ2) is 10.4. The molecule has 0 heterocycles. The van der Waals surface area contributed by atoms with Gasteiger partial charge in [-0.25, -0.2) is 0 Å². The van der Waals surface area contributed by atoms with Gasteiger partial charge in [0.25, 0.3) is 11.6 Å². The van der Waals surface area contributed by atoms with Gasteiger partial charge in [0.1, 0.15) is 22.3 Å². The smallest absolute Gasteiger partial charge is 0.339 e. The third kappa shape index (κ3) is 5.90. The van der Waals surface area contributed by atoms with Crippen LogP contribution in [-0.2, 0) is 14.9 Å². The van der Waals surface area contributed by atoms with Gasteiger partial charge in [-0.05, 0) is 42.5 Å². The first-order chi connectivity index (χ1) is 16.1. The fourth-order valence-electron chi connectivity index (χ4n) is 2.65. The van der Waals surface area contributed by atoms with Crippen molar-refractivity contribution in [1.82, 2.24) is 0 Å². The van der Waals surface area contributed by atoms with Crippen molar-refractivity contribution in [2.45, 2.75) is 4.90 Å². The van der Waals surface area contributed by atoms with Crippen LogP contribution in [0.25, 0.3) is 6.08 Å². The highest BCUT2D eigenvalue weighted by Crippen LogP contribution is 2.27. The van der Waals surface area contributed by atoms with Gasteiger partial charge in [-0.2, -0.15) is 13.7 Å². The van der Waals surface area contributed by atoms with Crippen molar-refractivity contribution in [2.75, 3.05) is 5.32 Å². The second-order valence-electron chi connectivity index (χ2n) is 6.58. The molecule has 0 aliphatic heterocycles. The molecule has 0 aliphatic carbocycles. The summed E-state index contributed by atoms with van der Waals surface area (Å²) in [7, 11) is -4.36. The minimum Gasteiger partial charge on any atom is -0.378 e. The van der Waals surface area contributed by atoms with Gasteiger partial charge in [-0.1, -0.05) is 41.4 Å². The van der Waals surface area contributed by atoms with E-state index in [9.17, 15) is 28.6 Å². The molecule has 0 aliphatic rings. The average molecular weight is 518 g/mol. The van der Waals surface area contributed by atoms with Gasteiger partial charge in [0.15, 0.2) is 0 Å². The van der Waals surface area contributed by atoms with Crippen LogP contribution < -0.4 is 9.50 Å². The molecule has 1 N–H and O–H groups in total. The molecule has 0 bridgehead atoms. The molecule has 0 spiro atoms. The topological polar surface area (TPSA) is 139 Å². The van der Waals surface area contributed by atoms with E-state index in [4.69, 9.17) is 27.4 Å². The predicted molar refractivity (Wildman–Crippen MR) is 126 cm³/mol. The van der Waals surface area contributed by atoms with E-state index in [1.807, 2.05) is 0 Å². The molecule has 0 saturated heterocycles. The Hall–Kier alpha value is -3.91. The van der Waals surface area contributed by atoms with E-state index in [-0.39, 0.29) is 37.5 Å². The summed E-state index contributed by atoms with van der Waals surface area (Å²) in [4.78, 5) is 22.4. The van der Waals surface area contributed by atoms with Crippen LogP contribution in [-0.4, -0.2) is 19.2 Å². The maximum absolute atomic E-state index is 12.6. The number of nitrogens with one attached hydrogen (secondary N) is 1. The summed E-state index contributed by atoms with van der Waals surface area (Å²) in [6, 6.07) is 16.1. The molecule has 34 heavy (non-hydrogen) atoms. The minimum atomic E-state index is -4.36. The number of nitro groups is 1. The lowest BCUT2D eigenvalue weighted by Crippen LogP contribution is -2.14. The second-order valence-corrected chi connectivity index (χ2v) is 8.94. The van der Waals surface area contributed by atoms with Crippen LogP contribution in [0.3, 0.4) is 0 Å². The highest BCUT2D eigenvalue weighted by Gasteiger charge is 2.20. The van der Waals surface area contributed by atoms with Crippen LogP contribution in [0, 0.1) is 21.4 Å². The molecule has 0 radical (unpaired) electrons. The number of non-ortho nitro benzene ring substituents is 1. The molecule has 172 valence electrons. The Morgan fingerprint density at radius 1 is 1.06 bits per heavy atom. The molecule has 0 atom stereocenters. The first-order valence-electron chi connectivity index (χ1n) is 9.27. The number of halogens is 2. The molecular formula is C22H13Cl2N3O6S. The van der Waals surface area contributed by atoms with E-state index in [0.717, 1.165) is 30.3 Å². The third-order valence-electron chi connectivity index (χ3n) is 4.30. The summed E-state index contributed by atoms with van der Waals surface area (Å²) in [6.07, 6.45) is 1.16. The molecule has 0 saturated carbocycles. The number of nitrogens with zero attached hydrogens (tertiary/aromatic N) is 2. The number of para-hydroxylation sites is 1. The van der Waals surface area contributed by atoms with Gasteiger partial charge >= 0.3 is 10.1 Å². The molecule has 0 fully saturated rings. The Bertz CT molecular complexity index is 1450. The number of hydrogen-bond donors (Lipinski definition) is 1. The number of carbonyl (C=O) groups excluding carboxylic acids is 1. The van der Waals surface area contributed by atoms with Crippen molar-refractivity contribution < 1.29 is 22.3 Å². The molecule has 3 aromatic rings. The van der Waals surface area contributed by atoms with Crippen molar-refractivity contribution >= 4 is 56.7 Å². The van der Waals surface area contributed by atoms with Gasteiger partial charge < -0.3 is 9.50 Å². The van der Waals surface area contributed by atoms with E-state index in [1.54, 1.807) is 12.1 Å². The number of carbonyl (C=O) groups is 1. The van der Waals surface area contributed by atoms with Gasteiger partial charge in [-0.15, -0.1) is 0 Å². The average Bonchev–Trinajstić information content (AvgIpc) is 2.80. The quantitative estimate of drug-likeness (QED) is 0.149. The van der Waals surface area contributed by atoms with E-state index in [0.29, 0.717) is 5.69 Å². The number of anilines is 1. The van der Waals surface area contributed by atoms with E-state index >= 15 is 0 Å². The molecule has 1 amide bonds. The summed E-state index contributed by atoms with van der Waals surface area (Å²) >= 11 is 11.8. The van der Waals surface area contributed by atoms with E-state index in [2.05, 4.69) is 5.32 Å². The highest BCUT2D eigenvalue weighted by molar-refractivity contribution is 7.87. The zero-order chi connectivity index (χ0) is 24.9. The zero-order valence-corrected chi connectivity index (χ0v) is 19.3. The van der Waals surface area contributed by atoms with Crippen LogP contribution in [0.2, 0.25) is 10.0 Å². The predicted octanol–water partition coefficient (Wildman–Crippen LogP) is 5.21. The summed E-state index contributed by atoms with van der Waals surface area (Å²) in [5.41, 5.74) is -0.191. The highest BCUT2D eigenvalue weighted by atomic mass is 35.5. The van der Waals surface area contributed by atoms with Crippen molar-refractivity contribution in [2.24, 2.45) is 0 Å². The monoisotopic (exact) mass is 517 g/mol. The Balaban J connectivity index is 1.88. The number of amides is 1. The van der Waals surface area contributed by atoms with E-state index < -0.39 is 20.9 Å². The number of rotatable bonds is 7. The summed E-state index contributed by atoms with van der Waals surface area (Å²) in [5.74, 6) is -0.926. The van der Waals surface area contributed by atoms with Gasteiger partial charge in [0.05, 0.1) is 15.0 Å². The lowest BCUT2D eigenvalue weighted by Gasteiger charge is -2.10. The fourth-order valence-corrected chi connectivity index (χ4v) is 3.90. The number of nitriles is 1. The van der Waals surface area contributed by atoms with Gasteiger partial charge in [-0.3, -0.25) is 14.9 Å². The van der Waals surface area contributed by atoms with Crippen molar-refractivity contribution in [3.8, 4) is 11.8 Å². The Morgan fingerprint density at radius 3 is 2.35 bits per heavy atom. The van der Waals surface area contributed by atoms with Gasteiger partial charge in [0.2, 0.25) is 0 Å². The molecule has 3 aromatic carbocycles. The molecule has 12 heteroatoms. The normalized spacial score (nSPS) is 11.4. The van der Waals surface area contributed by atoms with Crippen molar-refractivity contribution in [1.29, 1.82) is 5.26 Å². The fraction of sp³-hybridized carbons (Fsp3) is 0. The first-order valence-corrected chi connectivity index (χ1v) is 11.4. The molecule has 9 nitrogen and oxygen atoms in total.